The predicted octanol–water partition coefficient (Wildman–Crippen LogP) is 2.10. The van der Waals surface area contributed by atoms with E-state index in [9.17, 15) is 4.79 Å². The summed E-state index contributed by atoms with van der Waals surface area (Å²) in [6, 6.07) is 6.62. The second-order valence-corrected chi connectivity index (χ2v) is 6.68. The molecule has 4 rings (SSSR count). The Morgan fingerprint density at radius 3 is 3.10 bits per heavy atom. The highest BCUT2D eigenvalue weighted by Gasteiger charge is 2.39. The van der Waals surface area contributed by atoms with E-state index in [0.717, 1.165) is 42.9 Å². The molecule has 4 heterocycles. The molecule has 2 aliphatic heterocycles. The summed E-state index contributed by atoms with van der Waals surface area (Å²) in [6.07, 6.45) is 3.27. The van der Waals surface area contributed by atoms with Crippen LogP contribution in [0.2, 0.25) is 0 Å². The third kappa shape index (κ3) is 2.28. The lowest BCUT2D eigenvalue weighted by molar-refractivity contribution is 0.0674. The van der Waals surface area contributed by atoms with Gasteiger partial charge in [0.25, 0.3) is 5.91 Å². The molecule has 2 atom stereocenters. The monoisotopic (exact) mass is 302 g/mol. The molecule has 0 aliphatic carbocycles. The van der Waals surface area contributed by atoms with Crippen molar-refractivity contribution < 1.29 is 4.79 Å². The first-order valence-electron chi connectivity index (χ1n) is 7.45. The minimum absolute atomic E-state index is 0.0743. The zero-order chi connectivity index (χ0) is 14.2. The maximum absolute atomic E-state index is 12.8. The van der Waals surface area contributed by atoms with Gasteiger partial charge in [0.2, 0.25) is 0 Å². The maximum Gasteiger partial charge on any atom is 0.274 e. The van der Waals surface area contributed by atoms with Gasteiger partial charge in [-0.05, 0) is 43.3 Å². The van der Waals surface area contributed by atoms with Crippen molar-refractivity contribution in [3.8, 4) is 10.6 Å². The number of nitrogens with zero attached hydrogens (tertiary/aromatic N) is 2. The van der Waals surface area contributed by atoms with E-state index in [2.05, 4.69) is 20.4 Å². The summed E-state index contributed by atoms with van der Waals surface area (Å²) in [5.41, 5.74) is 1.46. The zero-order valence-electron chi connectivity index (χ0n) is 11.7. The van der Waals surface area contributed by atoms with E-state index in [0.29, 0.717) is 17.8 Å². The quantitative estimate of drug-likeness (QED) is 0.893. The van der Waals surface area contributed by atoms with Crippen molar-refractivity contribution in [3.63, 3.8) is 0 Å². The van der Waals surface area contributed by atoms with Gasteiger partial charge in [0, 0.05) is 18.6 Å². The molecule has 6 heteroatoms. The van der Waals surface area contributed by atoms with Gasteiger partial charge in [-0.2, -0.15) is 5.10 Å². The lowest BCUT2D eigenvalue weighted by atomic mass is 10.1. The van der Waals surface area contributed by atoms with Crippen molar-refractivity contribution in [1.29, 1.82) is 0 Å². The fourth-order valence-corrected chi connectivity index (χ4v) is 4.13. The Hall–Kier alpha value is -1.66. The first-order chi connectivity index (χ1) is 10.3. The number of hydrogen-bond acceptors (Lipinski definition) is 4. The van der Waals surface area contributed by atoms with E-state index < -0.39 is 0 Å². The van der Waals surface area contributed by atoms with Crippen LogP contribution in [0.1, 0.15) is 29.8 Å². The van der Waals surface area contributed by atoms with Crippen molar-refractivity contribution in [1.82, 2.24) is 20.4 Å². The number of rotatable bonds is 2. The summed E-state index contributed by atoms with van der Waals surface area (Å²) in [5.74, 6) is 0.0743. The molecule has 110 valence electrons. The number of hydrogen-bond donors (Lipinski definition) is 2. The molecular weight excluding hydrogens is 284 g/mol. The van der Waals surface area contributed by atoms with Crippen LogP contribution in [0.25, 0.3) is 10.6 Å². The Morgan fingerprint density at radius 1 is 1.33 bits per heavy atom. The SMILES string of the molecule is O=C(c1cc(-c2cccs2)[nH]n1)N1C2CCNCC1CC2. The number of carbonyl (C=O) groups excluding carboxylic acids is 1. The molecule has 2 saturated heterocycles. The third-order valence-electron chi connectivity index (χ3n) is 4.47. The molecular formula is C15H18N4OS. The van der Waals surface area contributed by atoms with Gasteiger partial charge in [0.05, 0.1) is 10.6 Å². The zero-order valence-corrected chi connectivity index (χ0v) is 12.5. The van der Waals surface area contributed by atoms with Gasteiger partial charge < -0.3 is 10.2 Å². The minimum atomic E-state index is 0.0743. The molecule has 0 aromatic carbocycles. The number of H-pyrrole nitrogens is 1. The number of aromatic nitrogens is 2. The molecule has 0 saturated carbocycles. The second-order valence-electron chi connectivity index (χ2n) is 5.73. The average molecular weight is 302 g/mol. The van der Waals surface area contributed by atoms with E-state index in [1.807, 2.05) is 23.6 Å². The minimum Gasteiger partial charge on any atom is -0.330 e. The standard InChI is InChI=1S/C15H18N4OS/c20-15(19-10-3-4-11(19)9-16-6-5-10)13-8-12(17-18-13)14-2-1-7-21-14/h1-2,7-8,10-11,16H,3-6,9H2,(H,17,18). The van der Waals surface area contributed by atoms with E-state index in [1.165, 1.54) is 0 Å². The van der Waals surface area contributed by atoms with E-state index in [-0.39, 0.29) is 5.91 Å². The molecule has 2 aliphatic rings. The fraction of sp³-hybridized carbons (Fsp3) is 0.467. The van der Waals surface area contributed by atoms with Gasteiger partial charge in [0.1, 0.15) is 0 Å². The normalized spacial score (nSPS) is 25.0. The predicted molar refractivity (Wildman–Crippen MR) is 82.4 cm³/mol. The van der Waals surface area contributed by atoms with Crippen LogP contribution in [-0.2, 0) is 0 Å². The number of aromatic amines is 1. The highest BCUT2D eigenvalue weighted by atomic mass is 32.1. The van der Waals surface area contributed by atoms with E-state index in [4.69, 9.17) is 0 Å². The first-order valence-corrected chi connectivity index (χ1v) is 8.33. The topological polar surface area (TPSA) is 61.0 Å². The number of nitrogens with one attached hydrogen (secondary N) is 2. The Labute approximate surface area is 127 Å². The van der Waals surface area contributed by atoms with Gasteiger partial charge in [-0.25, -0.2) is 0 Å². The van der Waals surface area contributed by atoms with Crippen molar-refractivity contribution >= 4 is 17.2 Å². The molecule has 0 spiro atoms. The Bertz CT molecular complexity index is 622. The van der Waals surface area contributed by atoms with E-state index in [1.54, 1.807) is 11.3 Å². The fourth-order valence-electron chi connectivity index (χ4n) is 3.44. The van der Waals surface area contributed by atoms with Gasteiger partial charge >= 0.3 is 0 Å². The Kier molecular flexibility index (Phi) is 3.27. The van der Waals surface area contributed by atoms with Gasteiger partial charge in [-0.1, -0.05) is 6.07 Å². The Balaban J connectivity index is 1.60. The van der Waals surface area contributed by atoms with Crippen molar-refractivity contribution in [2.75, 3.05) is 13.1 Å². The number of fused-ring (bicyclic) bond motifs is 2. The molecule has 0 radical (unpaired) electrons. The molecule has 2 bridgehead atoms. The van der Waals surface area contributed by atoms with Crippen LogP contribution >= 0.6 is 11.3 Å². The van der Waals surface area contributed by atoms with Crippen LogP contribution in [0.3, 0.4) is 0 Å². The first kappa shape index (κ1) is 13.0. The van der Waals surface area contributed by atoms with Crippen molar-refractivity contribution in [3.05, 3.63) is 29.3 Å². The molecule has 2 fully saturated rings. The van der Waals surface area contributed by atoms with Crippen LogP contribution in [0, 0.1) is 0 Å². The average Bonchev–Trinajstić information content (AvgIpc) is 3.15. The van der Waals surface area contributed by atoms with Gasteiger partial charge in [0.15, 0.2) is 5.69 Å². The van der Waals surface area contributed by atoms with Crippen molar-refractivity contribution in [2.24, 2.45) is 0 Å². The smallest absolute Gasteiger partial charge is 0.274 e. The summed E-state index contributed by atoms with van der Waals surface area (Å²) >= 11 is 1.65. The summed E-state index contributed by atoms with van der Waals surface area (Å²) in [6.45, 7) is 1.91. The molecule has 1 amide bonds. The van der Waals surface area contributed by atoms with Crippen LogP contribution < -0.4 is 5.32 Å². The van der Waals surface area contributed by atoms with Crippen LogP contribution in [-0.4, -0.2) is 46.2 Å². The maximum atomic E-state index is 12.8. The molecule has 2 aromatic heterocycles. The summed E-state index contributed by atoms with van der Waals surface area (Å²) in [5, 5.41) is 12.7. The Morgan fingerprint density at radius 2 is 2.24 bits per heavy atom. The summed E-state index contributed by atoms with van der Waals surface area (Å²) in [4.78, 5) is 16.0. The number of thiophene rings is 1. The largest absolute Gasteiger partial charge is 0.330 e. The van der Waals surface area contributed by atoms with Gasteiger partial charge in [-0.3, -0.25) is 9.89 Å². The lowest BCUT2D eigenvalue weighted by Crippen LogP contribution is -2.42. The molecule has 2 unspecified atom stereocenters. The summed E-state index contributed by atoms with van der Waals surface area (Å²) < 4.78 is 0. The number of amides is 1. The number of carbonyl (C=O) groups is 1. The highest BCUT2D eigenvalue weighted by Crippen LogP contribution is 2.30. The van der Waals surface area contributed by atoms with Crippen molar-refractivity contribution in [2.45, 2.75) is 31.3 Å². The highest BCUT2D eigenvalue weighted by molar-refractivity contribution is 7.13. The summed E-state index contributed by atoms with van der Waals surface area (Å²) in [7, 11) is 0. The third-order valence-corrected chi connectivity index (χ3v) is 5.38. The molecule has 21 heavy (non-hydrogen) atoms. The molecule has 5 nitrogen and oxygen atoms in total. The van der Waals surface area contributed by atoms with Crippen LogP contribution in [0.4, 0.5) is 0 Å². The van der Waals surface area contributed by atoms with Gasteiger partial charge in [-0.15, -0.1) is 11.3 Å². The second kappa shape index (κ2) is 5.27. The molecule has 2 aromatic rings. The van der Waals surface area contributed by atoms with Crippen LogP contribution in [0.15, 0.2) is 23.6 Å². The van der Waals surface area contributed by atoms with Crippen LogP contribution in [0.5, 0.6) is 0 Å². The lowest BCUT2D eigenvalue weighted by Gasteiger charge is -2.26. The van der Waals surface area contributed by atoms with E-state index >= 15 is 0 Å². The molecule has 2 N–H and O–H groups in total.